The molecular weight excluding hydrogens is 236 g/mol. The third-order valence-electron chi connectivity index (χ3n) is 2.20. The normalized spacial score (nSPS) is 10.1. The second kappa shape index (κ2) is 5.45. The van der Waals surface area contributed by atoms with Crippen molar-refractivity contribution in [3.8, 4) is 5.75 Å². The lowest BCUT2D eigenvalue weighted by Gasteiger charge is -2.03. The van der Waals surface area contributed by atoms with E-state index >= 15 is 0 Å². The molecule has 88 valence electrons. The van der Waals surface area contributed by atoms with E-state index in [2.05, 4.69) is 10.3 Å². The second-order valence-electron chi connectivity index (χ2n) is 3.55. The van der Waals surface area contributed by atoms with Crippen molar-refractivity contribution >= 4 is 17.2 Å². The predicted octanol–water partition coefficient (Wildman–Crippen LogP) is 1.71. The van der Waals surface area contributed by atoms with Gasteiger partial charge in [0.25, 0.3) is 0 Å². The Balaban J connectivity index is 1.85. The van der Waals surface area contributed by atoms with Crippen molar-refractivity contribution < 1.29 is 9.90 Å². The SMILES string of the molecule is O=C(Cc1cccc(O)c1)NCc1nccs1. The third-order valence-corrected chi connectivity index (χ3v) is 2.98. The van der Waals surface area contributed by atoms with Crippen LogP contribution in [0.25, 0.3) is 0 Å². The molecule has 0 bridgehead atoms. The summed E-state index contributed by atoms with van der Waals surface area (Å²) in [5.74, 6) is 0.0982. The smallest absolute Gasteiger partial charge is 0.224 e. The summed E-state index contributed by atoms with van der Waals surface area (Å²) in [6, 6.07) is 6.70. The number of aromatic hydroxyl groups is 1. The summed E-state index contributed by atoms with van der Waals surface area (Å²) in [5, 5.41) is 14.8. The molecule has 1 heterocycles. The molecule has 5 heteroatoms. The Morgan fingerprint density at radius 3 is 3.06 bits per heavy atom. The van der Waals surface area contributed by atoms with E-state index in [1.165, 1.54) is 11.3 Å². The van der Waals surface area contributed by atoms with Crippen molar-refractivity contribution in [3.63, 3.8) is 0 Å². The zero-order valence-electron chi connectivity index (χ0n) is 9.09. The lowest BCUT2D eigenvalue weighted by atomic mass is 10.1. The number of phenolic OH excluding ortho intramolecular Hbond substituents is 1. The summed E-state index contributed by atoms with van der Waals surface area (Å²) in [6.45, 7) is 0.454. The molecule has 0 saturated heterocycles. The van der Waals surface area contributed by atoms with Gasteiger partial charge >= 0.3 is 0 Å². The fourth-order valence-electron chi connectivity index (χ4n) is 1.43. The number of rotatable bonds is 4. The number of amides is 1. The van der Waals surface area contributed by atoms with Crippen molar-refractivity contribution in [1.82, 2.24) is 10.3 Å². The van der Waals surface area contributed by atoms with E-state index in [0.29, 0.717) is 6.54 Å². The number of carbonyl (C=O) groups is 1. The van der Waals surface area contributed by atoms with Crippen molar-refractivity contribution in [2.24, 2.45) is 0 Å². The van der Waals surface area contributed by atoms with E-state index in [-0.39, 0.29) is 18.1 Å². The van der Waals surface area contributed by atoms with Crippen molar-refractivity contribution in [1.29, 1.82) is 0 Å². The van der Waals surface area contributed by atoms with Gasteiger partial charge in [0.15, 0.2) is 0 Å². The Labute approximate surface area is 103 Å². The first-order chi connectivity index (χ1) is 8.24. The van der Waals surface area contributed by atoms with Crippen LogP contribution in [0.4, 0.5) is 0 Å². The molecule has 0 radical (unpaired) electrons. The van der Waals surface area contributed by atoms with Gasteiger partial charge in [-0.3, -0.25) is 4.79 Å². The maximum atomic E-state index is 11.6. The first kappa shape index (κ1) is 11.6. The molecule has 1 aromatic carbocycles. The van der Waals surface area contributed by atoms with Crippen LogP contribution in [0.2, 0.25) is 0 Å². The monoisotopic (exact) mass is 248 g/mol. The Morgan fingerprint density at radius 2 is 2.35 bits per heavy atom. The molecule has 0 atom stereocenters. The first-order valence-corrected chi connectivity index (χ1v) is 6.05. The topological polar surface area (TPSA) is 62.2 Å². The summed E-state index contributed by atoms with van der Waals surface area (Å²) in [5.41, 5.74) is 0.793. The largest absolute Gasteiger partial charge is 0.508 e. The highest BCUT2D eigenvalue weighted by Gasteiger charge is 2.04. The maximum absolute atomic E-state index is 11.6. The molecule has 2 N–H and O–H groups in total. The highest BCUT2D eigenvalue weighted by Crippen LogP contribution is 2.11. The molecule has 1 amide bonds. The molecule has 2 rings (SSSR count). The number of benzene rings is 1. The molecule has 0 fully saturated rings. The van der Waals surface area contributed by atoms with Gasteiger partial charge in [0.05, 0.1) is 13.0 Å². The molecule has 0 aliphatic carbocycles. The summed E-state index contributed by atoms with van der Waals surface area (Å²) in [6.07, 6.45) is 1.97. The van der Waals surface area contributed by atoms with Gasteiger partial charge in [-0.25, -0.2) is 4.98 Å². The number of aromatic nitrogens is 1. The van der Waals surface area contributed by atoms with Gasteiger partial charge in [-0.15, -0.1) is 11.3 Å². The van der Waals surface area contributed by atoms with E-state index < -0.39 is 0 Å². The summed E-state index contributed by atoms with van der Waals surface area (Å²) < 4.78 is 0. The number of carbonyl (C=O) groups excluding carboxylic acids is 1. The number of hydrogen-bond acceptors (Lipinski definition) is 4. The highest BCUT2D eigenvalue weighted by atomic mass is 32.1. The van der Waals surface area contributed by atoms with Gasteiger partial charge in [0.1, 0.15) is 10.8 Å². The number of thiazole rings is 1. The van der Waals surface area contributed by atoms with Crippen LogP contribution < -0.4 is 5.32 Å². The highest BCUT2D eigenvalue weighted by molar-refractivity contribution is 7.09. The molecule has 1 aromatic heterocycles. The van der Waals surface area contributed by atoms with Crippen LogP contribution in [0.1, 0.15) is 10.6 Å². The zero-order valence-corrected chi connectivity index (χ0v) is 9.91. The van der Waals surface area contributed by atoms with E-state index in [1.54, 1.807) is 24.4 Å². The fourth-order valence-corrected chi connectivity index (χ4v) is 1.98. The minimum atomic E-state index is -0.0780. The quantitative estimate of drug-likeness (QED) is 0.865. The number of phenols is 1. The van der Waals surface area contributed by atoms with Crippen molar-refractivity contribution in [2.45, 2.75) is 13.0 Å². The van der Waals surface area contributed by atoms with Crippen LogP contribution in [0.5, 0.6) is 5.75 Å². The van der Waals surface area contributed by atoms with Gasteiger partial charge in [0.2, 0.25) is 5.91 Å². The number of nitrogens with zero attached hydrogens (tertiary/aromatic N) is 1. The summed E-state index contributed by atoms with van der Waals surface area (Å²) in [4.78, 5) is 15.7. The van der Waals surface area contributed by atoms with Gasteiger partial charge in [-0.1, -0.05) is 12.1 Å². The lowest BCUT2D eigenvalue weighted by molar-refractivity contribution is -0.120. The van der Waals surface area contributed by atoms with E-state index in [9.17, 15) is 9.90 Å². The van der Waals surface area contributed by atoms with Crippen LogP contribution in [-0.2, 0) is 17.8 Å². The third kappa shape index (κ3) is 3.57. The maximum Gasteiger partial charge on any atom is 0.224 e. The molecule has 0 aliphatic heterocycles. The van der Waals surface area contributed by atoms with Crippen LogP contribution in [0.15, 0.2) is 35.8 Å². The molecule has 0 saturated carbocycles. The molecular formula is C12H12N2O2S. The molecule has 0 unspecified atom stereocenters. The second-order valence-corrected chi connectivity index (χ2v) is 4.53. The van der Waals surface area contributed by atoms with E-state index in [1.807, 2.05) is 11.4 Å². The minimum Gasteiger partial charge on any atom is -0.508 e. The van der Waals surface area contributed by atoms with E-state index in [4.69, 9.17) is 0 Å². The van der Waals surface area contributed by atoms with Gasteiger partial charge < -0.3 is 10.4 Å². The van der Waals surface area contributed by atoms with Crippen molar-refractivity contribution in [2.75, 3.05) is 0 Å². The Kier molecular flexibility index (Phi) is 3.72. The summed E-state index contributed by atoms with van der Waals surface area (Å²) >= 11 is 1.51. The van der Waals surface area contributed by atoms with Crippen LogP contribution in [-0.4, -0.2) is 16.0 Å². The van der Waals surface area contributed by atoms with Gasteiger partial charge in [-0.2, -0.15) is 0 Å². The summed E-state index contributed by atoms with van der Waals surface area (Å²) in [7, 11) is 0. The number of nitrogens with one attached hydrogen (secondary N) is 1. The van der Waals surface area contributed by atoms with Gasteiger partial charge in [-0.05, 0) is 17.7 Å². The number of hydrogen-bond donors (Lipinski definition) is 2. The first-order valence-electron chi connectivity index (χ1n) is 5.17. The van der Waals surface area contributed by atoms with Gasteiger partial charge in [0, 0.05) is 11.6 Å². The molecule has 17 heavy (non-hydrogen) atoms. The molecule has 4 nitrogen and oxygen atoms in total. The zero-order chi connectivity index (χ0) is 12.1. The van der Waals surface area contributed by atoms with Crippen LogP contribution >= 0.6 is 11.3 Å². The fraction of sp³-hybridized carbons (Fsp3) is 0.167. The Morgan fingerprint density at radius 1 is 1.47 bits per heavy atom. The Hall–Kier alpha value is -1.88. The standard InChI is InChI=1S/C12H12N2O2S/c15-10-3-1-2-9(6-10)7-11(16)14-8-12-13-4-5-17-12/h1-6,15H,7-8H2,(H,14,16). The van der Waals surface area contributed by atoms with E-state index in [0.717, 1.165) is 10.6 Å². The molecule has 0 aliphatic rings. The molecule has 0 spiro atoms. The lowest BCUT2D eigenvalue weighted by Crippen LogP contribution is -2.24. The van der Waals surface area contributed by atoms with Crippen LogP contribution in [0.3, 0.4) is 0 Å². The average Bonchev–Trinajstić information content (AvgIpc) is 2.79. The van der Waals surface area contributed by atoms with Crippen molar-refractivity contribution in [3.05, 3.63) is 46.4 Å². The molecule has 2 aromatic rings. The van der Waals surface area contributed by atoms with Crippen LogP contribution in [0, 0.1) is 0 Å². The predicted molar refractivity (Wildman–Crippen MR) is 65.8 cm³/mol. The minimum absolute atomic E-state index is 0.0780. The Bertz CT molecular complexity index is 497. The average molecular weight is 248 g/mol.